The van der Waals surface area contributed by atoms with E-state index in [0.29, 0.717) is 31.2 Å². The van der Waals surface area contributed by atoms with Gasteiger partial charge in [-0.2, -0.15) is 5.26 Å². The number of hydrogen-bond donors (Lipinski definition) is 0. The number of pyridine rings is 1. The predicted octanol–water partition coefficient (Wildman–Crippen LogP) is 3.90. The fraction of sp³-hybridized carbons (Fsp3) is 0.182. The number of nitrogens with zero attached hydrogens (tertiary/aromatic N) is 2. The predicted molar refractivity (Wildman–Crippen MR) is 100 cm³/mol. The summed E-state index contributed by atoms with van der Waals surface area (Å²) in [6, 6.07) is 19.9. The van der Waals surface area contributed by atoms with E-state index in [2.05, 4.69) is 30.0 Å². The van der Waals surface area contributed by atoms with Crippen LogP contribution >= 0.6 is 0 Å². The van der Waals surface area contributed by atoms with Crippen molar-refractivity contribution in [3.8, 4) is 17.9 Å². The first-order valence-corrected chi connectivity index (χ1v) is 8.31. The fourth-order valence-electron chi connectivity index (χ4n) is 2.71. The Balaban J connectivity index is 1.85. The molecule has 0 aliphatic carbocycles. The number of fused-ring (bicyclic) bond motifs is 1. The molecule has 0 aliphatic heterocycles. The third kappa shape index (κ3) is 4.16. The van der Waals surface area contributed by atoms with Crippen molar-refractivity contribution in [3.63, 3.8) is 0 Å². The molecular formula is C22H18N2O. The topological polar surface area (TPSA) is 45.8 Å². The van der Waals surface area contributed by atoms with Crippen LogP contribution in [0.3, 0.4) is 0 Å². The average Bonchev–Trinajstić information content (AvgIpc) is 2.65. The van der Waals surface area contributed by atoms with Crippen LogP contribution in [0.5, 0.6) is 0 Å². The molecule has 3 aromatic rings. The maximum Gasteiger partial charge on any atom is 0.258 e. The molecule has 122 valence electrons. The zero-order valence-electron chi connectivity index (χ0n) is 13.9. The summed E-state index contributed by atoms with van der Waals surface area (Å²) >= 11 is 0. The van der Waals surface area contributed by atoms with Crippen molar-refractivity contribution >= 4 is 10.8 Å². The molecule has 0 unspecified atom stereocenters. The van der Waals surface area contributed by atoms with Crippen LogP contribution < -0.4 is 5.56 Å². The standard InChI is InChI=1S/C22H18N2O/c23-14-4-5-15-24-16-13-20-12-11-19(17-21(20)22(24)25)10-6-9-18-7-2-1-3-8-18/h1-3,7-8,11-13,16-17H,4-5,9,15H2. The summed E-state index contributed by atoms with van der Waals surface area (Å²) in [6.45, 7) is 0.562. The lowest BCUT2D eigenvalue weighted by atomic mass is 10.1. The highest BCUT2D eigenvalue weighted by atomic mass is 16.1. The van der Waals surface area contributed by atoms with E-state index in [9.17, 15) is 4.79 Å². The second-order valence-corrected chi connectivity index (χ2v) is 5.84. The minimum atomic E-state index is -0.0258. The van der Waals surface area contributed by atoms with Gasteiger partial charge in [-0.05, 0) is 35.6 Å². The molecule has 1 aromatic heterocycles. The maximum atomic E-state index is 12.6. The molecule has 0 radical (unpaired) electrons. The Morgan fingerprint density at radius 1 is 1.04 bits per heavy atom. The molecule has 0 amide bonds. The van der Waals surface area contributed by atoms with E-state index in [1.165, 1.54) is 5.56 Å². The Morgan fingerprint density at radius 3 is 2.68 bits per heavy atom. The van der Waals surface area contributed by atoms with Gasteiger partial charge in [0.2, 0.25) is 0 Å². The molecule has 0 atom stereocenters. The van der Waals surface area contributed by atoms with E-state index < -0.39 is 0 Å². The maximum absolute atomic E-state index is 12.6. The number of rotatable bonds is 4. The molecular weight excluding hydrogens is 308 g/mol. The summed E-state index contributed by atoms with van der Waals surface area (Å²) in [5.41, 5.74) is 1.99. The molecule has 0 fully saturated rings. The number of unbranched alkanes of at least 4 members (excludes halogenated alkanes) is 1. The highest BCUT2D eigenvalue weighted by Crippen LogP contribution is 2.12. The van der Waals surface area contributed by atoms with E-state index in [0.717, 1.165) is 10.9 Å². The Kier molecular flexibility index (Phi) is 5.29. The summed E-state index contributed by atoms with van der Waals surface area (Å²) in [6.07, 6.45) is 3.61. The third-order valence-corrected chi connectivity index (χ3v) is 4.03. The van der Waals surface area contributed by atoms with Gasteiger partial charge in [0.05, 0.1) is 6.07 Å². The van der Waals surface area contributed by atoms with E-state index in [4.69, 9.17) is 5.26 Å². The quantitative estimate of drug-likeness (QED) is 0.539. The normalized spacial score (nSPS) is 10.0. The second kappa shape index (κ2) is 7.99. The zero-order valence-corrected chi connectivity index (χ0v) is 13.9. The van der Waals surface area contributed by atoms with Gasteiger partial charge in [-0.15, -0.1) is 0 Å². The van der Waals surface area contributed by atoms with Crippen molar-refractivity contribution in [2.45, 2.75) is 25.8 Å². The Morgan fingerprint density at radius 2 is 1.88 bits per heavy atom. The van der Waals surface area contributed by atoms with E-state index in [-0.39, 0.29) is 5.56 Å². The fourth-order valence-corrected chi connectivity index (χ4v) is 2.71. The third-order valence-electron chi connectivity index (χ3n) is 4.03. The summed E-state index contributed by atoms with van der Waals surface area (Å²) in [4.78, 5) is 12.6. The number of hydrogen-bond acceptors (Lipinski definition) is 2. The number of aromatic nitrogens is 1. The lowest BCUT2D eigenvalue weighted by Crippen LogP contribution is -2.19. The monoisotopic (exact) mass is 326 g/mol. The van der Waals surface area contributed by atoms with Crippen LogP contribution in [0.1, 0.15) is 24.0 Å². The molecule has 0 spiro atoms. The first-order chi connectivity index (χ1) is 12.3. The molecule has 3 heteroatoms. The molecule has 3 rings (SSSR count). The molecule has 0 N–H and O–H groups in total. The van der Waals surface area contributed by atoms with Crippen LogP contribution in [-0.4, -0.2) is 4.57 Å². The molecule has 0 aliphatic rings. The zero-order chi connectivity index (χ0) is 17.5. The first-order valence-electron chi connectivity index (χ1n) is 8.31. The number of benzene rings is 2. The van der Waals surface area contributed by atoms with Crippen molar-refractivity contribution in [2.75, 3.05) is 0 Å². The van der Waals surface area contributed by atoms with E-state index in [1.807, 2.05) is 42.5 Å². The summed E-state index contributed by atoms with van der Waals surface area (Å²) in [5, 5.41) is 10.2. The van der Waals surface area contributed by atoms with Crippen molar-refractivity contribution < 1.29 is 0 Å². The number of nitriles is 1. The van der Waals surface area contributed by atoms with Crippen LogP contribution in [0.25, 0.3) is 10.8 Å². The van der Waals surface area contributed by atoms with Crippen LogP contribution in [0.15, 0.2) is 65.6 Å². The number of aryl methyl sites for hydroxylation is 1. The van der Waals surface area contributed by atoms with Crippen molar-refractivity contribution in [1.82, 2.24) is 4.57 Å². The smallest absolute Gasteiger partial charge is 0.258 e. The van der Waals surface area contributed by atoms with Gasteiger partial charge in [-0.3, -0.25) is 4.79 Å². The van der Waals surface area contributed by atoms with E-state index >= 15 is 0 Å². The summed E-state index contributed by atoms with van der Waals surface area (Å²) in [5.74, 6) is 6.31. The van der Waals surface area contributed by atoms with Gasteiger partial charge in [0.15, 0.2) is 0 Å². The second-order valence-electron chi connectivity index (χ2n) is 5.84. The summed E-state index contributed by atoms with van der Waals surface area (Å²) in [7, 11) is 0. The van der Waals surface area contributed by atoms with Crippen LogP contribution in [0.2, 0.25) is 0 Å². The molecule has 2 aromatic carbocycles. The lowest BCUT2D eigenvalue weighted by molar-refractivity contribution is 0.636. The Bertz CT molecular complexity index is 1030. The largest absolute Gasteiger partial charge is 0.315 e. The molecule has 1 heterocycles. The van der Waals surface area contributed by atoms with Gasteiger partial charge in [-0.1, -0.05) is 48.2 Å². The SMILES string of the molecule is N#CCCCn1ccc2ccc(C#CCc3ccccc3)cc2c1=O. The minimum absolute atomic E-state index is 0.0258. The Hall–Kier alpha value is -3.30. The molecule has 3 nitrogen and oxygen atoms in total. The highest BCUT2D eigenvalue weighted by molar-refractivity contribution is 5.82. The summed E-state index contributed by atoms with van der Waals surface area (Å²) < 4.78 is 1.67. The van der Waals surface area contributed by atoms with Gasteiger partial charge < -0.3 is 4.57 Å². The van der Waals surface area contributed by atoms with Crippen molar-refractivity contribution in [1.29, 1.82) is 5.26 Å². The average molecular weight is 326 g/mol. The minimum Gasteiger partial charge on any atom is -0.315 e. The van der Waals surface area contributed by atoms with Crippen molar-refractivity contribution in [2.24, 2.45) is 0 Å². The van der Waals surface area contributed by atoms with Crippen LogP contribution in [0.4, 0.5) is 0 Å². The van der Waals surface area contributed by atoms with Gasteiger partial charge >= 0.3 is 0 Å². The Labute approximate surface area is 147 Å². The van der Waals surface area contributed by atoms with Gasteiger partial charge in [0.1, 0.15) is 0 Å². The van der Waals surface area contributed by atoms with E-state index in [1.54, 1.807) is 10.8 Å². The molecule has 25 heavy (non-hydrogen) atoms. The molecule has 0 bridgehead atoms. The van der Waals surface area contributed by atoms with Crippen molar-refractivity contribution in [3.05, 3.63) is 82.3 Å². The van der Waals surface area contributed by atoms with Crippen LogP contribution in [0, 0.1) is 23.2 Å². The first kappa shape index (κ1) is 16.6. The highest BCUT2D eigenvalue weighted by Gasteiger charge is 2.03. The molecule has 0 saturated heterocycles. The lowest BCUT2D eigenvalue weighted by Gasteiger charge is -2.06. The van der Waals surface area contributed by atoms with Crippen LogP contribution in [-0.2, 0) is 13.0 Å². The molecule has 0 saturated carbocycles. The van der Waals surface area contributed by atoms with Gasteiger partial charge in [0, 0.05) is 36.5 Å². The van der Waals surface area contributed by atoms with Gasteiger partial charge in [0.25, 0.3) is 5.56 Å². The van der Waals surface area contributed by atoms with Gasteiger partial charge in [-0.25, -0.2) is 0 Å².